The first-order valence-corrected chi connectivity index (χ1v) is 8.77. The fraction of sp³-hybridized carbons (Fsp3) is 0.611. The van der Waals surface area contributed by atoms with Gasteiger partial charge in [-0.1, -0.05) is 12.1 Å². The molecule has 3 rings (SSSR count). The Balaban J connectivity index is 0.00000261. The van der Waals surface area contributed by atoms with Gasteiger partial charge in [-0.05, 0) is 37.0 Å². The van der Waals surface area contributed by atoms with Crippen molar-refractivity contribution in [2.45, 2.75) is 25.6 Å². The normalized spacial score (nSPS) is 22.8. The van der Waals surface area contributed by atoms with E-state index in [4.69, 9.17) is 4.74 Å². The number of rotatable bonds is 4. The third-order valence-corrected chi connectivity index (χ3v) is 4.99. The van der Waals surface area contributed by atoms with E-state index in [9.17, 15) is 13.2 Å². The van der Waals surface area contributed by atoms with E-state index in [0.717, 1.165) is 50.7 Å². The van der Waals surface area contributed by atoms with Crippen molar-refractivity contribution in [1.29, 1.82) is 0 Å². The van der Waals surface area contributed by atoms with Crippen LogP contribution in [0.15, 0.2) is 29.3 Å². The van der Waals surface area contributed by atoms with Crippen LogP contribution in [0.3, 0.4) is 0 Å². The molecule has 1 aromatic rings. The molecule has 0 radical (unpaired) electrons. The lowest BCUT2D eigenvalue weighted by Gasteiger charge is -2.25. The number of benzene rings is 1. The molecule has 0 aliphatic carbocycles. The molecule has 0 bridgehead atoms. The molecule has 1 N–H and O–H groups in total. The van der Waals surface area contributed by atoms with Gasteiger partial charge in [0.25, 0.3) is 0 Å². The Labute approximate surface area is 174 Å². The molecule has 27 heavy (non-hydrogen) atoms. The van der Waals surface area contributed by atoms with E-state index < -0.39 is 6.36 Å². The zero-order chi connectivity index (χ0) is 18.6. The molecule has 0 amide bonds. The van der Waals surface area contributed by atoms with Gasteiger partial charge in [0.2, 0.25) is 0 Å². The Hall–Kier alpha value is -1.23. The minimum absolute atomic E-state index is 0. The predicted octanol–water partition coefficient (Wildman–Crippen LogP) is 3.43. The molecular weight excluding hydrogens is 474 g/mol. The monoisotopic (exact) mass is 499 g/mol. The second-order valence-electron chi connectivity index (χ2n) is 6.89. The lowest BCUT2D eigenvalue weighted by atomic mass is 9.87. The third-order valence-electron chi connectivity index (χ3n) is 4.99. The summed E-state index contributed by atoms with van der Waals surface area (Å²) in [4.78, 5) is 6.61. The Morgan fingerprint density at radius 2 is 2.04 bits per heavy atom. The van der Waals surface area contributed by atoms with Crippen LogP contribution < -0.4 is 10.1 Å². The molecule has 1 unspecified atom stereocenters. The lowest BCUT2D eigenvalue weighted by Crippen LogP contribution is -2.42. The summed E-state index contributed by atoms with van der Waals surface area (Å²) in [5.74, 6) is 0.664. The quantitative estimate of drug-likeness (QED) is 0.392. The number of alkyl halides is 3. The summed E-state index contributed by atoms with van der Waals surface area (Å²) in [6.07, 6.45) is -1.75. The molecule has 2 fully saturated rings. The van der Waals surface area contributed by atoms with Crippen LogP contribution in [-0.2, 0) is 11.2 Å². The van der Waals surface area contributed by atoms with Crippen LogP contribution in [0.1, 0.15) is 18.4 Å². The predicted molar refractivity (Wildman–Crippen MR) is 108 cm³/mol. The van der Waals surface area contributed by atoms with E-state index >= 15 is 0 Å². The van der Waals surface area contributed by atoms with Crippen LogP contribution >= 0.6 is 24.0 Å². The molecule has 1 aromatic carbocycles. The average molecular weight is 499 g/mol. The number of aliphatic imine (C=N–C) groups is 1. The number of nitrogens with one attached hydrogen (secondary N) is 1. The van der Waals surface area contributed by atoms with E-state index in [1.807, 2.05) is 0 Å². The van der Waals surface area contributed by atoms with Crippen LogP contribution in [0.25, 0.3) is 0 Å². The summed E-state index contributed by atoms with van der Waals surface area (Å²) in [6, 6.07) is 5.96. The summed E-state index contributed by atoms with van der Waals surface area (Å²) < 4.78 is 46.0. The van der Waals surface area contributed by atoms with Gasteiger partial charge in [-0.3, -0.25) is 4.99 Å². The summed E-state index contributed by atoms with van der Waals surface area (Å²) in [7, 11) is 1.77. The van der Waals surface area contributed by atoms with Crippen molar-refractivity contribution >= 4 is 29.9 Å². The summed E-state index contributed by atoms with van der Waals surface area (Å²) in [5, 5.41) is 3.34. The zero-order valence-electron chi connectivity index (χ0n) is 15.2. The van der Waals surface area contributed by atoms with E-state index in [0.29, 0.717) is 13.0 Å². The SMILES string of the molecule is CN=C(NCCc1ccc(OC(F)(F)F)cc1)N1CCC2(CCOC2)C1.I. The number of hydrogen-bond donors (Lipinski definition) is 1. The minimum atomic E-state index is -4.66. The Morgan fingerprint density at radius 1 is 1.30 bits per heavy atom. The summed E-state index contributed by atoms with van der Waals surface area (Å²) in [6.45, 7) is 4.25. The van der Waals surface area contributed by atoms with Crippen LogP contribution in [0.2, 0.25) is 0 Å². The fourth-order valence-electron chi connectivity index (χ4n) is 3.60. The first-order valence-electron chi connectivity index (χ1n) is 8.77. The van der Waals surface area contributed by atoms with Crippen LogP contribution in [0, 0.1) is 5.41 Å². The first-order chi connectivity index (χ1) is 12.4. The van der Waals surface area contributed by atoms with Crippen molar-refractivity contribution in [2.75, 3.05) is 39.9 Å². The van der Waals surface area contributed by atoms with Crippen molar-refractivity contribution in [3.63, 3.8) is 0 Å². The largest absolute Gasteiger partial charge is 0.573 e. The topological polar surface area (TPSA) is 46.1 Å². The standard InChI is InChI=1S/C18H24F3N3O2.HI/c1-22-16(24-10-7-17(12-24)8-11-25-13-17)23-9-6-14-2-4-15(5-3-14)26-18(19,20)21;/h2-5H,6-13H2,1H3,(H,22,23);1H. The van der Waals surface area contributed by atoms with Crippen LogP contribution in [-0.4, -0.2) is 57.1 Å². The third kappa shape index (κ3) is 6.13. The molecule has 1 atom stereocenters. The van der Waals surface area contributed by atoms with E-state index in [1.165, 1.54) is 12.1 Å². The Kier molecular flexibility index (Phi) is 7.61. The molecule has 2 aliphatic rings. The van der Waals surface area contributed by atoms with Gasteiger partial charge in [0.1, 0.15) is 5.75 Å². The van der Waals surface area contributed by atoms with Gasteiger partial charge < -0.3 is 19.7 Å². The molecular formula is C18H25F3IN3O2. The maximum atomic E-state index is 12.2. The molecule has 5 nitrogen and oxygen atoms in total. The number of halogens is 4. The Bertz CT molecular complexity index is 632. The molecule has 152 valence electrons. The van der Waals surface area contributed by atoms with E-state index in [-0.39, 0.29) is 35.1 Å². The van der Waals surface area contributed by atoms with Crippen LogP contribution in [0.4, 0.5) is 13.2 Å². The molecule has 2 aliphatic heterocycles. The van der Waals surface area contributed by atoms with Gasteiger partial charge >= 0.3 is 6.36 Å². The highest BCUT2D eigenvalue weighted by Gasteiger charge is 2.42. The highest BCUT2D eigenvalue weighted by Crippen LogP contribution is 2.38. The second kappa shape index (κ2) is 9.31. The smallest absolute Gasteiger partial charge is 0.406 e. The highest BCUT2D eigenvalue weighted by molar-refractivity contribution is 14.0. The van der Waals surface area contributed by atoms with Gasteiger partial charge in [-0.2, -0.15) is 0 Å². The Morgan fingerprint density at radius 3 is 2.63 bits per heavy atom. The van der Waals surface area contributed by atoms with Crippen molar-refractivity contribution in [3.05, 3.63) is 29.8 Å². The highest BCUT2D eigenvalue weighted by atomic mass is 127. The summed E-state index contributed by atoms with van der Waals surface area (Å²) in [5.41, 5.74) is 1.20. The number of nitrogens with zero attached hydrogens (tertiary/aromatic N) is 2. The van der Waals surface area contributed by atoms with Crippen molar-refractivity contribution in [1.82, 2.24) is 10.2 Å². The number of hydrogen-bond acceptors (Lipinski definition) is 3. The molecule has 2 saturated heterocycles. The molecule has 0 saturated carbocycles. The fourth-order valence-corrected chi connectivity index (χ4v) is 3.60. The van der Waals surface area contributed by atoms with Gasteiger partial charge in [-0.15, -0.1) is 37.1 Å². The van der Waals surface area contributed by atoms with Crippen molar-refractivity contribution in [2.24, 2.45) is 10.4 Å². The number of ether oxygens (including phenoxy) is 2. The van der Waals surface area contributed by atoms with Gasteiger partial charge in [0, 0.05) is 38.7 Å². The number of guanidine groups is 1. The minimum Gasteiger partial charge on any atom is -0.406 e. The summed E-state index contributed by atoms with van der Waals surface area (Å²) >= 11 is 0. The van der Waals surface area contributed by atoms with Crippen LogP contribution in [0.5, 0.6) is 5.75 Å². The molecule has 2 heterocycles. The molecule has 0 aromatic heterocycles. The van der Waals surface area contributed by atoms with E-state index in [1.54, 1.807) is 19.2 Å². The maximum Gasteiger partial charge on any atom is 0.573 e. The number of likely N-dealkylation sites (tertiary alicyclic amines) is 1. The first kappa shape index (κ1) is 22.1. The zero-order valence-corrected chi connectivity index (χ0v) is 17.5. The average Bonchev–Trinajstić information content (AvgIpc) is 3.22. The second-order valence-corrected chi connectivity index (χ2v) is 6.89. The van der Waals surface area contributed by atoms with Crippen molar-refractivity contribution in [3.8, 4) is 5.75 Å². The maximum absolute atomic E-state index is 12.2. The molecule has 9 heteroatoms. The van der Waals surface area contributed by atoms with Crippen molar-refractivity contribution < 1.29 is 22.6 Å². The van der Waals surface area contributed by atoms with Gasteiger partial charge in [0.15, 0.2) is 5.96 Å². The lowest BCUT2D eigenvalue weighted by molar-refractivity contribution is -0.274. The van der Waals surface area contributed by atoms with Gasteiger partial charge in [0.05, 0.1) is 6.61 Å². The molecule has 1 spiro atoms. The van der Waals surface area contributed by atoms with Gasteiger partial charge in [-0.25, -0.2) is 0 Å². The van der Waals surface area contributed by atoms with E-state index in [2.05, 4.69) is 19.9 Å².